The quantitative estimate of drug-likeness (QED) is 0.624. The molecule has 1 amide bonds. The average molecular weight is 185 g/mol. The molecule has 0 saturated carbocycles. The number of rotatable bonds is 3. The van der Waals surface area contributed by atoms with E-state index < -0.39 is 0 Å². The van der Waals surface area contributed by atoms with Crippen molar-refractivity contribution in [3.63, 3.8) is 0 Å². The van der Waals surface area contributed by atoms with Crippen LogP contribution in [0.1, 0.15) is 19.3 Å². The number of carbonyl (C=O) groups is 1. The SMILES string of the molecule is NCCC(=O)N1CCC(CN)CC1. The summed E-state index contributed by atoms with van der Waals surface area (Å²) in [5.74, 6) is 0.805. The van der Waals surface area contributed by atoms with Gasteiger partial charge < -0.3 is 16.4 Å². The van der Waals surface area contributed by atoms with E-state index in [1.807, 2.05) is 4.90 Å². The number of nitrogens with two attached hydrogens (primary N) is 2. The Morgan fingerprint density at radius 1 is 1.31 bits per heavy atom. The molecule has 76 valence electrons. The Kier molecular flexibility index (Phi) is 4.18. The molecule has 0 aromatic carbocycles. The van der Waals surface area contributed by atoms with Crippen molar-refractivity contribution in [2.75, 3.05) is 26.2 Å². The molecule has 4 heteroatoms. The summed E-state index contributed by atoms with van der Waals surface area (Å²) in [5.41, 5.74) is 10.9. The summed E-state index contributed by atoms with van der Waals surface area (Å²) in [5, 5.41) is 0. The van der Waals surface area contributed by atoms with E-state index in [0.29, 0.717) is 18.9 Å². The van der Waals surface area contributed by atoms with Crippen LogP contribution in [0.25, 0.3) is 0 Å². The predicted molar refractivity (Wildman–Crippen MR) is 52.0 cm³/mol. The number of likely N-dealkylation sites (tertiary alicyclic amines) is 1. The molecular formula is C9H19N3O. The lowest BCUT2D eigenvalue weighted by Crippen LogP contribution is -2.40. The number of nitrogens with zero attached hydrogens (tertiary/aromatic N) is 1. The van der Waals surface area contributed by atoms with Crippen molar-refractivity contribution < 1.29 is 4.79 Å². The highest BCUT2D eigenvalue weighted by molar-refractivity contribution is 5.76. The molecule has 1 aliphatic rings. The van der Waals surface area contributed by atoms with Crippen molar-refractivity contribution in [3.8, 4) is 0 Å². The van der Waals surface area contributed by atoms with Gasteiger partial charge in [0.2, 0.25) is 5.91 Å². The van der Waals surface area contributed by atoms with Crippen LogP contribution in [0.3, 0.4) is 0 Å². The third-order valence-corrected chi connectivity index (χ3v) is 2.66. The fourth-order valence-electron chi connectivity index (χ4n) is 1.70. The molecule has 0 aromatic rings. The zero-order valence-electron chi connectivity index (χ0n) is 8.04. The van der Waals surface area contributed by atoms with Crippen LogP contribution in [0.5, 0.6) is 0 Å². The second kappa shape index (κ2) is 5.19. The summed E-state index contributed by atoms with van der Waals surface area (Å²) in [6.07, 6.45) is 2.58. The minimum atomic E-state index is 0.193. The van der Waals surface area contributed by atoms with Crippen molar-refractivity contribution in [2.24, 2.45) is 17.4 Å². The molecule has 1 aliphatic heterocycles. The lowest BCUT2D eigenvalue weighted by Gasteiger charge is -2.31. The molecule has 0 spiro atoms. The first kappa shape index (κ1) is 10.5. The van der Waals surface area contributed by atoms with Crippen molar-refractivity contribution >= 4 is 5.91 Å². The smallest absolute Gasteiger partial charge is 0.223 e. The van der Waals surface area contributed by atoms with Crippen LogP contribution in [-0.2, 0) is 4.79 Å². The largest absolute Gasteiger partial charge is 0.343 e. The molecule has 0 radical (unpaired) electrons. The molecule has 0 bridgehead atoms. The minimum Gasteiger partial charge on any atom is -0.343 e. The van der Waals surface area contributed by atoms with Crippen LogP contribution < -0.4 is 11.5 Å². The molecule has 4 nitrogen and oxygen atoms in total. The maximum Gasteiger partial charge on any atom is 0.223 e. The fraction of sp³-hybridized carbons (Fsp3) is 0.889. The van der Waals surface area contributed by atoms with E-state index in [4.69, 9.17) is 11.5 Å². The number of hydrogen-bond acceptors (Lipinski definition) is 3. The first-order chi connectivity index (χ1) is 6.27. The zero-order valence-corrected chi connectivity index (χ0v) is 8.04. The van der Waals surface area contributed by atoms with E-state index in [-0.39, 0.29) is 5.91 Å². The third kappa shape index (κ3) is 2.97. The molecule has 1 rings (SSSR count). The summed E-state index contributed by atoms with van der Waals surface area (Å²) in [7, 11) is 0. The molecule has 1 saturated heterocycles. The molecule has 1 heterocycles. The van der Waals surface area contributed by atoms with Crippen LogP contribution in [0.15, 0.2) is 0 Å². The number of carbonyl (C=O) groups excluding carboxylic acids is 1. The Bertz CT molecular complexity index is 164. The molecule has 1 fully saturated rings. The van der Waals surface area contributed by atoms with E-state index >= 15 is 0 Å². The lowest BCUT2D eigenvalue weighted by molar-refractivity contribution is -0.132. The van der Waals surface area contributed by atoms with Gasteiger partial charge in [-0.1, -0.05) is 0 Å². The van der Waals surface area contributed by atoms with Gasteiger partial charge in [-0.25, -0.2) is 0 Å². The summed E-state index contributed by atoms with van der Waals surface area (Å²) in [6.45, 7) is 2.93. The van der Waals surface area contributed by atoms with Crippen molar-refractivity contribution in [3.05, 3.63) is 0 Å². The van der Waals surface area contributed by atoms with Crippen LogP contribution in [0.4, 0.5) is 0 Å². The minimum absolute atomic E-state index is 0.193. The Morgan fingerprint density at radius 3 is 2.38 bits per heavy atom. The highest BCUT2D eigenvalue weighted by atomic mass is 16.2. The maximum atomic E-state index is 11.4. The molecule has 4 N–H and O–H groups in total. The summed E-state index contributed by atoms with van der Waals surface area (Å²) < 4.78 is 0. The first-order valence-electron chi connectivity index (χ1n) is 4.95. The van der Waals surface area contributed by atoms with Gasteiger partial charge in [-0.15, -0.1) is 0 Å². The van der Waals surface area contributed by atoms with E-state index in [1.165, 1.54) is 0 Å². The van der Waals surface area contributed by atoms with Gasteiger partial charge in [0.05, 0.1) is 0 Å². The van der Waals surface area contributed by atoms with Gasteiger partial charge in [-0.3, -0.25) is 4.79 Å². The van der Waals surface area contributed by atoms with Crippen molar-refractivity contribution in [2.45, 2.75) is 19.3 Å². The van der Waals surface area contributed by atoms with E-state index in [0.717, 1.165) is 32.5 Å². The molecule has 13 heavy (non-hydrogen) atoms. The molecular weight excluding hydrogens is 166 g/mol. The van der Waals surface area contributed by atoms with E-state index in [9.17, 15) is 4.79 Å². The Morgan fingerprint density at radius 2 is 1.92 bits per heavy atom. The summed E-state index contributed by atoms with van der Waals surface area (Å²) in [6, 6.07) is 0. The van der Waals surface area contributed by atoms with Crippen LogP contribution in [-0.4, -0.2) is 37.0 Å². The van der Waals surface area contributed by atoms with Gasteiger partial charge in [0.25, 0.3) is 0 Å². The normalized spacial score (nSPS) is 19.1. The van der Waals surface area contributed by atoms with Gasteiger partial charge in [-0.2, -0.15) is 0 Å². The Hall–Kier alpha value is -0.610. The zero-order chi connectivity index (χ0) is 9.68. The molecule has 0 aromatic heterocycles. The van der Waals surface area contributed by atoms with Gasteiger partial charge in [0.1, 0.15) is 0 Å². The monoisotopic (exact) mass is 185 g/mol. The van der Waals surface area contributed by atoms with Gasteiger partial charge >= 0.3 is 0 Å². The molecule has 0 unspecified atom stereocenters. The van der Waals surface area contributed by atoms with Crippen LogP contribution in [0, 0.1) is 5.92 Å². The van der Waals surface area contributed by atoms with Crippen molar-refractivity contribution in [1.82, 2.24) is 4.90 Å². The topological polar surface area (TPSA) is 72.4 Å². The Labute approximate surface area is 79.3 Å². The van der Waals surface area contributed by atoms with Gasteiger partial charge in [-0.05, 0) is 25.3 Å². The number of amides is 1. The number of hydrogen-bond donors (Lipinski definition) is 2. The molecule has 0 atom stereocenters. The van der Waals surface area contributed by atoms with Crippen molar-refractivity contribution in [1.29, 1.82) is 0 Å². The maximum absolute atomic E-state index is 11.4. The second-order valence-electron chi connectivity index (χ2n) is 3.60. The lowest BCUT2D eigenvalue weighted by atomic mass is 9.97. The number of piperidine rings is 1. The second-order valence-corrected chi connectivity index (χ2v) is 3.60. The van der Waals surface area contributed by atoms with Crippen LogP contribution >= 0.6 is 0 Å². The highest BCUT2D eigenvalue weighted by Gasteiger charge is 2.20. The fourth-order valence-corrected chi connectivity index (χ4v) is 1.70. The molecule has 0 aliphatic carbocycles. The average Bonchev–Trinajstić information content (AvgIpc) is 2.18. The van der Waals surface area contributed by atoms with E-state index in [1.54, 1.807) is 0 Å². The third-order valence-electron chi connectivity index (χ3n) is 2.66. The van der Waals surface area contributed by atoms with Gasteiger partial charge in [0.15, 0.2) is 0 Å². The van der Waals surface area contributed by atoms with Gasteiger partial charge in [0, 0.05) is 26.1 Å². The highest BCUT2D eigenvalue weighted by Crippen LogP contribution is 2.15. The van der Waals surface area contributed by atoms with E-state index in [2.05, 4.69) is 0 Å². The Balaban J connectivity index is 2.28. The predicted octanol–water partition coefficient (Wildman–Crippen LogP) is -0.467. The standard InChI is InChI=1S/C9H19N3O/c10-4-1-9(13)12-5-2-8(7-11)3-6-12/h8H,1-7,10-11H2. The first-order valence-corrected chi connectivity index (χ1v) is 4.95. The summed E-state index contributed by atoms with van der Waals surface area (Å²) >= 11 is 0. The summed E-state index contributed by atoms with van der Waals surface area (Å²) in [4.78, 5) is 13.3. The van der Waals surface area contributed by atoms with Crippen LogP contribution in [0.2, 0.25) is 0 Å².